The van der Waals surface area contributed by atoms with Gasteiger partial charge in [0.25, 0.3) is 0 Å². The van der Waals surface area contributed by atoms with Crippen molar-refractivity contribution in [3.8, 4) is 0 Å². The molecule has 2 rings (SSSR count). The topological polar surface area (TPSA) is 50.9 Å². The van der Waals surface area contributed by atoms with E-state index in [-0.39, 0.29) is 6.61 Å². The standard InChI is InChI=1S/C10H13N3O/c1-13-9-4-5-11-7-8(9)12-10(13)3-2-6-14/h4-5,7,14H,2-3,6H2,1H3. The van der Waals surface area contributed by atoms with Crippen LogP contribution in [0.1, 0.15) is 12.2 Å². The highest BCUT2D eigenvalue weighted by molar-refractivity contribution is 5.74. The average Bonchev–Trinajstić information content (AvgIpc) is 2.54. The van der Waals surface area contributed by atoms with Crippen molar-refractivity contribution in [1.29, 1.82) is 0 Å². The van der Waals surface area contributed by atoms with Crippen molar-refractivity contribution < 1.29 is 5.11 Å². The molecule has 2 aromatic rings. The quantitative estimate of drug-likeness (QED) is 0.784. The summed E-state index contributed by atoms with van der Waals surface area (Å²) in [6, 6.07) is 1.95. The zero-order valence-electron chi connectivity index (χ0n) is 8.14. The van der Waals surface area contributed by atoms with Gasteiger partial charge in [-0.05, 0) is 12.5 Å². The van der Waals surface area contributed by atoms with Crippen LogP contribution >= 0.6 is 0 Å². The highest BCUT2D eigenvalue weighted by Gasteiger charge is 2.05. The van der Waals surface area contributed by atoms with Gasteiger partial charge in [-0.2, -0.15) is 0 Å². The lowest BCUT2D eigenvalue weighted by atomic mass is 10.3. The number of aryl methyl sites for hydroxylation is 2. The van der Waals surface area contributed by atoms with Crippen LogP contribution in [0.4, 0.5) is 0 Å². The lowest BCUT2D eigenvalue weighted by Gasteiger charge is -1.99. The molecule has 1 N–H and O–H groups in total. The lowest BCUT2D eigenvalue weighted by Crippen LogP contribution is -1.99. The largest absolute Gasteiger partial charge is 0.396 e. The summed E-state index contributed by atoms with van der Waals surface area (Å²) in [6.45, 7) is 0.210. The number of pyridine rings is 1. The summed E-state index contributed by atoms with van der Waals surface area (Å²) in [7, 11) is 1.99. The molecule has 0 aliphatic carbocycles. The first kappa shape index (κ1) is 9.15. The van der Waals surface area contributed by atoms with Crippen molar-refractivity contribution in [2.45, 2.75) is 12.8 Å². The third kappa shape index (κ3) is 1.48. The number of hydrogen-bond acceptors (Lipinski definition) is 3. The minimum Gasteiger partial charge on any atom is -0.396 e. The van der Waals surface area contributed by atoms with Gasteiger partial charge in [-0.25, -0.2) is 4.98 Å². The zero-order chi connectivity index (χ0) is 9.97. The molecule has 0 saturated heterocycles. The summed E-state index contributed by atoms with van der Waals surface area (Å²) in [6.07, 6.45) is 5.09. The molecular formula is C10H13N3O. The molecule has 0 bridgehead atoms. The van der Waals surface area contributed by atoms with Crippen LogP contribution in [-0.2, 0) is 13.5 Å². The molecule has 0 aromatic carbocycles. The van der Waals surface area contributed by atoms with Crippen LogP contribution in [0.15, 0.2) is 18.5 Å². The fourth-order valence-corrected chi connectivity index (χ4v) is 1.56. The van der Waals surface area contributed by atoms with Gasteiger partial charge in [0.15, 0.2) is 0 Å². The first-order valence-electron chi connectivity index (χ1n) is 4.69. The summed E-state index contributed by atoms with van der Waals surface area (Å²) in [5.41, 5.74) is 2.01. The summed E-state index contributed by atoms with van der Waals surface area (Å²) in [4.78, 5) is 8.46. The van der Waals surface area contributed by atoms with E-state index in [1.807, 2.05) is 17.7 Å². The Morgan fingerprint density at radius 3 is 3.07 bits per heavy atom. The molecule has 4 nitrogen and oxygen atoms in total. The van der Waals surface area contributed by atoms with E-state index in [9.17, 15) is 0 Å². The lowest BCUT2D eigenvalue weighted by molar-refractivity contribution is 0.287. The Labute approximate surface area is 82.2 Å². The van der Waals surface area contributed by atoms with Gasteiger partial charge in [-0.1, -0.05) is 0 Å². The number of aromatic nitrogens is 3. The van der Waals surface area contributed by atoms with Crippen molar-refractivity contribution in [3.63, 3.8) is 0 Å². The summed E-state index contributed by atoms with van der Waals surface area (Å²) in [5, 5.41) is 8.74. The van der Waals surface area contributed by atoms with E-state index in [1.165, 1.54) is 0 Å². The number of hydrogen-bond donors (Lipinski definition) is 1. The molecule has 0 spiro atoms. The van der Waals surface area contributed by atoms with Gasteiger partial charge in [0.05, 0.1) is 11.7 Å². The molecule has 74 valence electrons. The van der Waals surface area contributed by atoms with Crippen molar-refractivity contribution in [3.05, 3.63) is 24.3 Å². The van der Waals surface area contributed by atoms with E-state index in [1.54, 1.807) is 12.4 Å². The van der Waals surface area contributed by atoms with Gasteiger partial charge in [0.1, 0.15) is 11.3 Å². The first-order chi connectivity index (χ1) is 6.83. The Morgan fingerprint density at radius 1 is 1.50 bits per heavy atom. The number of rotatable bonds is 3. The number of aliphatic hydroxyl groups is 1. The Balaban J connectivity index is 2.41. The molecule has 0 amide bonds. The first-order valence-corrected chi connectivity index (χ1v) is 4.69. The fourth-order valence-electron chi connectivity index (χ4n) is 1.56. The normalized spacial score (nSPS) is 11.0. The van der Waals surface area contributed by atoms with Gasteiger partial charge in [-0.15, -0.1) is 0 Å². The smallest absolute Gasteiger partial charge is 0.109 e. The predicted octanol–water partition coefficient (Wildman–Crippen LogP) is 0.893. The minimum atomic E-state index is 0.210. The monoisotopic (exact) mass is 191 g/mol. The SMILES string of the molecule is Cn1c(CCCO)nc2cnccc21. The van der Waals surface area contributed by atoms with Crippen LogP contribution in [0.25, 0.3) is 11.0 Å². The highest BCUT2D eigenvalue weighted by atomic mass is 16.2. The molecule has 0 radical (unpaired) electrons. The van der Waals surface area contributed by atoms with Crippen molar-refractivity contribution in [2.75, 3.05) is 6.61 Å². The molecule has 2 aromatic heterocycles. The van der Waals surface area contributed by atoms with Crippen LogP contribution in [-0.4, -0.2) is 26.2 Å². The minimum absolute atomic E-state index is 0.210. The molecule has 0 atom stereocenters. The second kappa shape index (κ2) is 3.75. The van der Waals surface area contributed by atoms with E-state index < -0.39 is 0 Å². The van der Waals surface area contributed by atoms with Crippen LogP contribution in [0, 0.1) is 0 Å². The molecule has 0 aliphatic heterocycles. The van der Waals surface area contributed by atoms with Gasteiger partial charge < -0.3 is 9.67 Å². The van der Waals surface area contributed by atoms with Gasteiger partial charge in [0, 0.05) is 26.3 Å². The fraction of sp³-hybridized carbons (Fsp3) is 0.400. The van der Waals surface area contributed by atoms with Crippen molar-refractivity contribution >= 4 is 11.0 Å². The molecule has 0 saturated carbocycles. The maximum Gasteiger partial charge on any atom is 0.109 e. The molecule has 0 fully saturated rings. The summed E-state index contributed by atoms with van der Waals surface area (Å²) in [5.74, 6) is 1.00. The Kier molecular flexibility index (Phi) is 2.45. The van der Waals surface area contributed by atoms with Crippen molar-refractivity contribution in [2.24, 2.45) is 7.05 Å². The van der Waals surface area contributed by atoms with Crippen molar-refractivity contribution in [1.82, 2.24) is 14.5 Å². The third-order valence-electron chi connectivity index (χ3n) is 2.33. The maximum atomic E-state index is 8.74. The van der Waals surface area contributed by atoms with Crippen LogP contribution < -0.4 is 0 Å². The van der Waals surface area contributed by atoms with E-state index in [0.717, 1.165) is 29.7 Å². The van der Waals surface area contributed by atoms with E-state index in [2.05, 4.69) is 9.97 Å². The summed E-state index contributed by atoms with van der Waals surface area (Å²) < 4.78 is 2.05. The summed E-state index contributed by atoms with van der Waals surface area (Å²) >= 11 is 0. The van der Waals surface area contributed by atoms with Gasteiger partial charge in [-0.3, -0.25) is 4.98 Å². The van der Waals surface area contributed by atoms with Crippen LogP contribution in [0.3, 0.4) is 0 Å². The second-order valence-electron chi connectivity index (χ2n) is 3.28. The Morgan fingerprint density at radius 2 is 2.36 bits per heavy atom. The number of nitrogens with zero attached hydrogens (tertiary/aromatic N) is 3. The average molecular weight is 191 g/mol. The number of fused-ring (bicyclic) bond motifs is 1. The second-order valence-corrected chi connectivity index (χ2v) is 3.28. The molecule has 4 heteroatoms. The van der Waals surface area contributed by atoms with E-state index in [4.69, 9.17) is 5.11 Å². The zero-order valence-corrected chi connectivity index (χ0v) is 8.14. The molecule has 14 heavy (non-hydrogen) atoms. The van der Waals surface area contributed by atoms with Crippen LogP contribution in [0.2, 0.25) is 0 Å². The Hall–Kier alpha value is -1.42. The molecule has 2 heterocycles. The third-order valence-corrected chi connectivity index (χ3v) is 2.33. The van der Waals surface area contributed by atoms with E-state index >= 15 is 0 Å². The highest BCUT2D eigenvalue weighted by Crippen LogP contribution is 2.13. The van der Waals surface area contributed by atoms with E-state index in [0.29, 0.717) is 0 Å². The Bertz CT molecular complexity index is 436. The molecular weight excluding hydrogens is 178 g/mol. The maximum absolute atomic E-state index is 8.74. The number of aliphatic hydroxyl groups excluding tert-OH is 1. The predicted molar refractivity (Wildman–Crippen MR) is 53.9 cm³/mol. The molecule has 0 unspecified atom stereocenters. The van der Waals surface area contributed by atoms with Gasteiger partial charge >= 0.3 is 0 Å². The van der Waals surface area contributed by atoms with Gasteiger partial charge in [0.2, 0.25) is 0 Å². The molecule has 0 aliphatic rings. The van der Waals surface area contributed by atoms with Crippen LogP contribution in [0.5, 0.6) is 0 Å². The number of imidazole rings is 1.